The molecule has 0 bridgehead atoms. The van der Waals surface area contributed by atoms with Crippen molar-refractivity contribution in [3.63, 3.8) is 0 Å². The normalized spacial score (nSPS) is 10.9. The molecule has 0 aliphatic rings. The lowest BCUT2D eigenvalue weighted by Crippen LogP contribution is -1.96. The zero-order valence-corrected chi connectivity index (χ0v) is 13.0. The Bertz CT molecular complexity index is 821. The first-order chi connectivity index (χ1) is 10.7. The Morgan fingerprint density at radius 1 is 1.09 bits per heavy atom. The maximum Gasteiger partial charge on any atom is 0.203 e. The predicted octanol–water partition coefficient (Wildman–Crippen LogP) is 3.92. The maximum absolute atomic E-state index is 10.2. The summed E-state index contributed by atoms with van der Waals surface area (Å²) in [5.41, 5.74) is 3.21. The van der Waals surface area contributed by atoms with Crippen molar-refractivity contribution in [1.82, 2.24) is 4.57 Å². The minimum absolute atomic E-state index is 0.0627. The summed E-state index contributed by atoms with van der Waals surface area (Å²) in [5.74, 6) is 0.916. The molecule has 0 amide bonds. The van der Waals surface area contributed by atoms with Crippen LogP contribution in [0.4, 0.5) is 0 Å². The highest BCUT2D eigenvalue weighted by Gasteiger charge is 2.15. The molecular formula is C18H19NO3. The van der Waals surface area contributed by atoms with Crippen molar-refractivity contribution in [2.24, 2.45) is 0 Å². The van der Waals surface area contributed by atoms with Crippen LogP contribution >= 0.6 is 0 Å². The van der Waals surface area contributed by atoms with E-state index in [-0.39, 0.29) is 5.75 Å². The summed E-state index contributed by atoms with van der Waals surface area (Å²) < 4.78 is 12.6. The zero-order chi connectivity index (χ0) is 15.7. The molecule has 2 aromatic carbocycles. The average molecular weight is 297 g/mol. The molecular weight excluding hydrogens is 278 g/mol. The van der Waals surface area contributed by atoms with Crippen LogP contribution in [0.25, 0.3) is 16.6 Å². The van der Waals surface area contributed by atoms with Gasteiger partial charge < -0.3 is 19.1 Å². The molecule has 0 aliphatic heterocycles. The van der Waals surface area contributed by atoms with Crippen molar-refractivity contribution in [2.75, 3.05) is 14.2 Å². The van der Waals surface area contributed by atoms with E-state index >= 15 is 0 Å². The molecule has 0 fully saturated rings. The van der Waals surface area contributed by atoms with Gasteiger partial charge in [-0.3, -0.25) is 0 Å². The maximum atomic E-state index is 10.2. The number of fused-ring (bicyclic) bond motifs is 1. The molecule has 4 heteroatoms. The minimum Gasteiger partial charge on any atom is -0.504 e. The standard InChI is InChI=1S/C18H19NO3/c1-4-12-11-19(15-8-6-5-7-14(12)15)13-9-16(20)18(22-3)17(10-13)21-2/h5-11,20H,4H2,1-3H3. The first-order valence-electron chi connectivity index (χ1n) is 7.24. The summed E-state index contributed by atoms with van der Waals surface area (Å²) >= 11 is 0. The molecule has 1 heterocycles. The molecule has 0 spiro atoms. The fraction of sp³-hybridized carbons (Fsp3) is 0.222. The number of benzene rings is 2. The number of para-hydroxylation sites is 1. The van der Waals surface area contributed by atoms with Gasteiger partial charge in [-0.25, -0.2) is 0 Å². The number of phenols is 1. The molecule has 3 aromatic rings. The van der Waals surface area contributed by atoms with Crippen LogP contribution in [0, 0.1) is 0 Å². The molecule has 22 heavy (non-hydrogen) atoms. The second kappa shape index (κ2) is 5.64. The number of methoxy groups -OCH3 is 2. The number of hydrogen-bond acceptors (Lipinski definition) is 3. The van der Waals surface area contributed by atoms with Crippen LogP contribution in [0.1, 0.15) is 12.5 Å². The number of aromatic nitrogens is 1. The Morgan fingerprint density at radius 3 is 2.55 bits per heavy atom. The molecule has 0 saturated carbocycles. The number of ether oxygens (including phenoxy) is 2. The van der Waals surface area contributed by atoms with Gasteiger partial charge >= 0.3 is 0 Å². The minimum atomic E-state index is 0.0627. The monoisotopic (exact) mass is 297 g/mol. The molecule has 4 nitrogen and oxygen atoms in total. The smallest absolute Gasteiger partial charge is 0.203 e. The topological polar surface area (TPSA) is 43.6 Å². The van der Waals surface area contributed by atoms with Gasteiger partial charge in [0.15, 0.2) is 11.5 Å². The first kappa shape index (κ1) is 14.3. The largest absolute Gasteiger partial charge is 0.504 e. The van der Waals surface area contributed by atoms with E-state index in [4.69, 9.17) is 9.47 Å². The highest BCUT2D eigenvalue weighted by molar-refractivity contribution is 5.86. The molecule has 3 rings (SSSR count). The third-order valence-corrected chi connectivity index (χ3v) is 3.90. The fourth-order valence-corrected chi connectivity index (χ4v) is 2.81. The quantitative estimate of drug-likeness (QED) is 0.794. The van der Waals surface area contributed by atoms with Crippen molar-refractivity contribution in [2.45, 2.75) is 13.3 Å². The van der Waals surface area contributed by atoms with Gasteiger partial charge in [0.25, 0.3) is 0 Å². The summed E-state index contributed by atoms with van der Waals surface area (Å²) in [4.78, 5) is 0. The van der Waals surface area contributed by atoms with E-state index in [9.17, 15) is 5.11 Å². The third-order valence-electron chi connectivity index (χ3n) is 3.90. The van der Waals surface area contributed by atoms with E-state index in [0.717, 1.165) is 17.6 Å². The van der Waals surface area contributed by atoms with E-state index in [1.165, 1.54) is 18.1 Å². The third kappa shape index (κ3) is 2.17. The SMILES string of the molecule is CCc1cn(-c2cc(O)c(OC)c(OC)c2)c2ccccc12. The number of hydrogen-bond donors (Lipinski definition) is 1. The van der Waals surface area contributed by atoms with Crippen LogP contribution in [-0.2, 0) is 6.42 Å². The van der Waals surface area contributed by atoms with E-state index in [1.807, 2.05) is 18.2 Å². The summed E-state index contributed by atoms with van der Waals surface area (Å²) in [6, 6.07) is 11.8. The summed E-state index contributed by atoms with van der Waals surface area (Å²) in [7, 11) is 3.07. The summed E-state index contributed by atoms with van der Waals surface area (Å²) in [6.07, 6.45) is 3.05. The predicted molar refractivity (Wildman–Crippen MR) is 87.4 cm³/mol. The molecule has 0 aliphatic carbocycles. The lowest BCUT2D eigenvalue weighted by Gasteiger charge is -2.13. The lowest BCUT2D eigenvalue weighted by molar-refractivity contribution is 0.333. The fourth-order valence-electron chi connectivity index (χ4n) is 2.81. The van der Waals surface area contributed by atoms with Gasteiger partial charge in [0.2, 0.25) is 5.75 Å². The van der Waals surface area contributed by atoms with Gasteiger partial charge in [-0.15, -0.1) is 0 Å². The van der Waals surface area contributed by atoms with Gasteiger partial charge in [0, 0.05) is 23.7 Å². The van der Waals surface area contributed by atoms with Crippen molar-refractivity contribution >= 4 is 10.9 Å². The Hall–Kier alpha value is -2.62. The summed E-state index contributed by atoms with van der Waals surface area (Å²) in [5, 5.41) is 11.4. The van der Waals surface area contributed by atoms with Crippen LogP contribution in [0.15, 0.2) is 42.6 Å². The molecule has 0 saturated heterocycles. The second-order valence-corrected chi connectivity index (χ2v) is 5.10. The number of phenolic OH excluding ortho intramolecular Hbond substituents is 1. The van der Waals surface area contributed by atoms with Gasteiger partial charge in [0.1, 0.15) is 0 Å². The number of rotatable bonds is 4. The molecule has 0 radical (unpaired) electrons. The van der Waals surface area contributed by atoms with Crippen molar-refractivity contribution < 1.29 is 14.6 Å². The van der Waals surface area contributed by atoms with E-state index < -0.39 is 0 Å². The van der Waals surface area contributed by atoms with Crippen molar-refractivity contribution in [1.29, 1.82) is 0 Å². The molecule has 0 atom stereocenters. The molecule has 0 unspecified atom stereocenters. The Labute approximate surface area is 129 Å². The van der Waals surface area contributed by atoms with E-state index in [2.05, 4.69) is 29.8 Å². The summed E-state index contributed by atoms with van der Waals surface area (Å²) in [6.45, 7) is 2.14. The number of aryl methyl sites for hydroxylation is 1. The second-order valence-electron chi connectivity index (χ2n) is 5.10. The van der Waals surface area contributed by atoms with Gasteiger partial charge in [-0.1, -0.05) is 25.1 Å². The van der Waals surface area contributed by atoms with Gasteiger partial charge in [-0.2, -0.15) is 0 Å². The van der Waals surface area contributed by atoms with Crippen LogP contribution in [-0.4, -0.2) is 23.9 Å². The first-order valence-corrected chi connectivity index (χ1v) is 7.24. The van der Waals surface area contributed by atoms with Gasteiger partial charge in [0.05, 0.1) is 25.4 Å². The van der Waals surface area contributed by atoms with Crippen LogP contribution in [0.5, 0.6) is 17.2 Å². The van der Waals surface area contributed by atoms with Crippen LogP contribution in [0.2, 0.25) is 0 Å². The Morgan fingerprint density at radius 2 is 1.86 bits per heavy atom. The Balaban J connectivity index is 2.26. The van der Waals surface area contributed by atoms with Crippen LogP contribution < -0.4 is 9.47 Å². The molecule has 1 aromatic heterocycles. The van der Waals surface area contributed by atoms with E-state index in [1.54, 1.807) is 13.2 Å². The van der Waals surface area contributed by atoms with Crippen molar-refractivity contribution in [3.8, 4) is 22.9 Å². The molecule has 114 valence electrons. The van der Waals surface area contributed by atoms with Gasteiger partial charge in [-0.05, 0) is 18.1 Å². The highest BCUT2D eigenvalue weighted by Crippen LogP contribution is 2.39. The Kier molecular flexibility index (Phi) is 3.67. The van der Waals surface area contributed by atoms with Crippen LogP contribution in [0.3, 0.4) is 0 Å². The lowest BCUT2D eigenvalue weighted by atomic mass is 10.1. The highest BCUT2D eigenvalue weighted by atomic mass is 16.5. The zero-order valence-electron chi connectivity index (χ0n) is 13.0. The van der Waals surface area contributed by atoms with Crippen molar-refractivity contribution in [3.05, 3.63) is 48.2 Å². The average Bonchev–Trinajstić information content (AvgIpc) is 2.93. The molecule has 1 N–H and O–H groups in total. The number of aromatic hydroxyl groups is 1. The van der Waals surface area contributed by atoms with E-state index in [0.29, 0.717) is 11.5 Å². The number of nitrogens with zero attached hydrogens (tertiary/aromatic N) is 1.